The average molecular weight is 375 g/mol. The van der Waals surface area contributed by atoms with E-state index in [2.05, 4.69) is 10.6 Å². The molecule has 0 bridgehead atoms. The minimum absolute atomic E-state index is 0.358. The molecule has 0 aromatic carbocycles. The van der Waals surface area contributed by atoms with Crippen LogP contribution in [0.1, 0.15) is 32.6 Å². The Morgan fingerprint density at radius 2 is 1.40 bits per heavy atom. The smallest absolute Gasteiger partial charge is 0.321 e. The zero-order valence-corrected chi connectivity index (χ0v) is 15.8. The molecule has 2 aliphatic heterocycles. The van der Waals surface area contributed by atoms with Gasteiger partial charge in [0, 0.05) is 46.3 Å². The highest BCUT2D eigenvalue weighted by atomic mass is 32.2. The SMILES string of the molecule is CNC(=O)NC(=O)C(C)N1CCN(S(=O)(=O)N2CCCCCC2)CC1. The van der Waals surface area contributed by atoms with Gasteiger partial charge in [-0.1, -0.05) is 12.8 Å². The number of nitrogens with zero attached hydrogens (tertiary/aromatic N) is 3. The predicted molar refractivity (Wildman–Crippen MR) is 94.2 cm³/mol. The van der Waals surface area contributed by atoms with E-state index in [0.29, 0.717) is 39.3 Å². The topological polar surface area (TPSA) is 102 Å². The molecule has 0 spiro atoms. The highest BCUT2D eigenvalue weighted by molar-refractivity contribution is 7.86. The zero-order valence-electron chi connectivity index (χ0n) is 15.0. The Hall–Kier alpha value is -1.23. The van der Waals surface area contributed by atoms with Crippen LogP contribution in [0.15, 0.2) is 0 Å². The van der Waals surface area contributed by atoms with E-state index >= 15 is 0 Å². The van der Waals surface area contributed by atoms with Gasteiger partial charge in [0.1, 0.15) is 0 Å². The summed E-state index contributed by atoms with van der Waals surface area (Å²) in [5.74, 6) is -0.386. The number of carbonyl (C=O) groups is 2. The highest BCUT2D eigenvalue weighted by Crippen LogP contribution is 2.18. The Kier molecular flexibility index (Phi) is 7.17. The lowest BCUT2D eigenvalue weighted by Crippen LogP contribution is -2.57. The molecular formula is C15H29N5O4S. The predicted octanol–water partition coefficient (Wildman–Crippen LogP) is -0.431. The summed E-state index contributed by atoms with van der Waals surface area (Å²) in [5, 5.41) is 4.60. The van der Waals surface area contributed by atoms with Gasteiger partial charge in [0.25, 0.3) is 10.2 Å². The fraction of sp³-hybridized carbons (Fsp3) is 0.867. The largest absolute Gasteiger partial charge is 0.341 e. The molecule has 0 saturated carbocycles. The van der Waals surface area contributed by atoms with Crippen LogP contribution in [0.3, 0.4) is 0 Å². The summed E-state index contributed by atoms with van der Waals surface area (Å²) < 4.78 is 28.7. The van der Waals surface area contributed by atoms with E-state index in [9.17, 15) is 18.0 Å². The molecule has 0 aromatic heterocycles. The fourth-order valence-electron chi connectivity index (χ4n) is 3.20. The summed E-state index contributed by atoms with van der Waals surface area (Å²) in [6, 6.07) is -1.03. The molecule has 2 N–H and O–H groups in total. The first-order valence-corrected chi connectivity index (χ1v) is 10.3. The molecule has 9 nitrogen and oxygen atoms in total. The van der Waals surface area contributed by atoms with Gasteiger partial charge in [0.05, 0.1) is 6.04 Å². The third kappa shape index (κ3) is 5.13. The first-order valence-electron chi connectivity index (χ1n) is 8.88. The van der Waals surface area contributed by atoms with Crippen LogP contribution in [0.5, 0.6) is 0 Å². The normalized spacial score (nSPS) is 22.8. The van der Waals surface area contributed by atoms with Crippen molar-refractivity contribution < 1.29 is 18.0 Å². The van der Waals surface area contributed by atoms with E-state index in [-0.39, 0.29) is 5.91 Å². The molecule has 10 heteroatoms. The van der Waals surface area contributed by atoms with Crippen molar-refractivity contribution in [1.29, 1.82) is 0 Å². The van der Waals surface area contributed by atoms with E-state index in [0.717, 1.165) is 25.7 Å². The molecular weight excluding hydrogens is 346 g/mol. The lowest BCUT2D eigenvalue weighted by molar-refractivity contribution is -0.125. The maximum atomic E-state index is 12.8. The molecule has 2 saturated heterocycles. The molecule has 1 atom stereocenters. The molecule has 25 heavy (non-hydrogen) atoms. The Morgan fingerprint density at radius 1 is 0.880 bits per heavy atom. The Morgan fingerprint density at radius 3 is 1.92 bits per heavy atom. The maximum Gasteiger partial charge on any atom is 0.321 e. The van der Waals surface area contributed by atoms with E-state index in [4.69, 9.17) is 0 Å². The number of rotatable bonds is 4. The number of carbonyl (C=O) groups excluding carboxylic acids is 2. The van der Waals surface area contributed by atoms with Gasteiger partial charge in [-0.25, -0.2) is 4.79 Å². The summed E-state index contributed by atoms with van der Waals surface area (Å²) in [7, 11) is -1.98. The van der Waals surface area contributed by atoms with Crippen molar-refractivity contribution >= 4 is 22.1 Å². The van der Waals surface area contributed by atoms with Gasteiger partial charge >= 0.3 is 6.03 Å². The van der Waals surface area contributed by atoms with Crippen molar-refractivity contribution in [2.45, 2.75) is 38.6 Å². The van der Waals surface area contributed by atoms with E-state index in [1.165, 1.54) is 11.4 Å². The maximum absolute atomic E-state index is 12.8. The van der Waals surface area contributed by atoms with E-state index in [1.54, 1.807) is 11.2 Å². The van der Waals surface area contributed by atoms with Gasteiger partial charge in [-0.05, 0) is 19.8 Å². The van der Waals surface area contributed by atoms with Gasteiger partial charge in [0.2, 0.25) is 5.91 Å². The molecule has 2 heterocycles. The van der Waals surface area contributed by atoms with Crippen molar-refractivity contribution in [2.24, 2.45) is 0 Å². The molecule has 2 aliphatic rings. The summed E-state index contributed by atoms with van der Waals surface area (Å²) in [6.45, 7) is 4.55. The second-order valence-electron chi connectivity index (χ2n) is 6.50. The van der Waals surface area contributed by atoms with Crippen LogP contribution >= 0.6 is 0 Å². The summed E-state index contributed by atoms with van der Waals surface area (Å²) in [4.78, 5) is 25.2. The highest BCUT2D eigenvalue weighted by Gasteiger charge is 2.34. The molecule has 0 aromatic rings. The van der Waals surface area contributed by atoms with Gasteiger partial charge in [-0.15, -0.1) is 0 Å². The fourth-order valence-corrected chi connectivity index (χ4v) is 4.87. The molecule has 1 unspecified atom stereocenters. The standard InChI is InChI=1S/C15H29N5O4S/c1-13(14(21)17-15(22)16-2)18-9-11-20(12-10-18)25(23,24)19-7-5-3-4-6-8-19/h13H,3-12H2,1-2H3,(H2,16,17,21,22). The Balaban J connectivity index is 1.89. The van der Waals surface area contributed by atoms with E-state index < -0.39 is 22.3 Å². The van der Waals surface area contributed by atoms with Crippen LogP contribution in [-0.4, -0.2) is 86.2 Å². The molecule has 0 radical (unpaired) electrons. The van der Waals surface area contributed by atoms with Crippen LogP contribution in [0.25, 0.3) is 0 Å². The van der Waals surface area contributed by atoms with E-state index in [1.807, 2.05) is 4.90 Å². The molecule has 2 rings (SSSR count). The number of piperazine rings is 1. The number of nitrogens with one attached hydrogen (secondary N) is 2. The minimum Gasteiger partial charge on any atom is -0.341 e. The lowest BCUT2D eigenvalue weighted by atomic mass is 10.2. The van der Waals surface area contributed by atoms with Crippen LogP contribution in [0, 0.1) is 0 Å². The number of imide groups is 1. The monoisotopic (exact) mass is 375 g/mol. The van der Waals surface area contributed by atoms with Gasteiger partial charge in [-0.2, -0.15) is 17.0 Å². The van der Waals surface area contributed by atoms with Gasteiger partial charge in [-0.3, -0.25) is 15.0 Å². The second-order valence-corrected chi connectivity index (χ2v) is 8.43. The zero-order chi connectivity index (χ0) is 18.4. The van der Waals surface area contributed by atoms with Crippen molar-refractivity contribution in [3.05, 3.63) is 0 Å². The van der Waals surface area contributed by atoms with Crippen molar-refractivity contribution in [1.82, 2.24) is 24.1 Å². The summed E-state index contributed by atoms with van der Waals surface area (Å²) >= 11 is 0. The molecule has 0 aliphatic carbocycles. The van der Waals surface area contributed by atoms with Crippen molar-refractivity contribution in [3.8, 4) is 0 Å². The second kappa shape index (κ2) is 8.93. The molecule has 144 valence electrons. The third-order valence-electron chi connectivity index (χ3n) is 4.88. The third-order valence-corrected chi connectivity index (χ3v) is 6.92. The summed E-state index contributed by atoms with van der Waals surface area (Å²) in [6.07, 6.45) is 3.99. The lowest BCUT2D eigenvalue weighted by Gasteiger charge is -2.38. The van der Waals surface area contributed by atoms with Crippen LogP contribution < -0.4 is 10.6 Å². The van der Waals surface area contributed by atoms with Crippen molar-refractivity contribution in [3.63, 3.8) is 0 Å². The first kappa shape index (κ1) is 20.1. The number of hydrogen-bond donors (Lipinski definition) is 2. The Bertz CT molecular complexity index is 566. The molecule has 2 fully saturated rings. The first-order chi connectivity index (χ1) is 11.9. The van der Waals surface area contributed by atoms with Gasteiger partial charge in [0.15, 0.2) is 0 Å². The number of hydrogen-bond acceptors (Lipinski definition) is 5. The average Bonchev–Trinajstić information content (AvgIpc) is 2.91. The molecule has 3 amide bonds. The van der Waals surface area contributed by atoms with Crippen LogP contribution in [0.4, 0.5) is 4.79 Å². The number of amides is 3. The van der Waals surface area contributed by atoms with Crippen LogP contribution in [-0.2, 0) is 15.0 Å². The number of urea groups is 1. The quantitative estimate of drug-likeness (QED) is 0.694. The van der Waals surface area contributed by atoms with Gasteiger partial charge < -0.3 is 5.32 Å². The van der Waals surface area contributed by atoms with Crippen LogP contribution in [0.2, 0.25) is 0 Å². The summed E-state index contributed by atoms with van der Waals surface area (Å²) in [5.41, 5.74) is 0. The Labute approximate surface area is 149 Å². The van der Waals surface area contributed by atoms with Crippen molar-refractivity contribution in [2.75, 3.05) is 46.3 Å². The minimum atomic E-state index is -3.43.